The molecule has 0 spiro atoms. The third kappa shape index (κ3) is 3.29. The van der Waals surface area contributed by atoms with E-state index in [1.165, 1.54) is 19.8 Å². The Labute approximate surface area is 86.0 Å². The molecule has 0 aliphatic heterocycles. The Hall–Kier alpha value is -0.570. The Morgan fingerprint density at radius 3 is 2.36 bits per heavy atom. The lowest BCUT2D eigenvalue weighted by Gasteiger charge is -2.33. The molecule has 0 atom stereocenters. The number of carbonyl (C=O) groups is 1. The molecule has 0 aromatic rings. The second kappa shape index (κ2) is 3.89. The average Bonchev–Trinajstić information content (AvgIpc) is 2.30. The highest BCUT2D eigenvalue weighted by Crippen LogP contribution is 2.35. The van der Waals surface area contributed by atoms with Gasteiger partial charge in [-0.1, -0.05) is 12.8 Å². The Morgan fingerprint density at radius 1 is 1.43 bits per heavy atom. The van der Waals surface area contributed by atoms with Gasteiger partial charge in [0.2, 0.25) is 0 Å². The molecule has 82 valence electrons. The topological polar surface area (TPSA) is 52.3 Å². The minimum absolute atomic E-state index is 0.112. The molecule has 0 bridgehead atoms. The van der Waals surface area contributed by atoms with E-state index >= 15 is 0 Å². The van der Waals surface area contributed by atoms with Gasteiger partial charge in [0.25, 0.3) is 0 Å². The Kier molecular flexibility index (Phi) is 3.20. The van der Waals surface area contributed by atoms with Crippen molar-refractivity contribution >= 4 is 5.97 Å². The molecule has 0 amide bonds. The summed E-state index contributed by atoms with van der Waals surface area (Å²) in [6.07, 6.45) is 5.27. The van der Waals surface area contributed by atoms with Crippen LogP contribution >= 0.6 is 0 Å². The normalized spacial score (nSPS) is 20.9. The summed E-state index contributed by atoms with van der Waals surface area (Å²) >= 11 is 0. The SMILES string of the molecule is CC(=O)OC(C)(C)CC1(N)CCCC1. The van der Waals surface area contributed by atoms with Crippen molar-refractivity contribution < 1.29 is 9.53 Å². The number of esters is 1. The van der Waals surface area contributed by atoms with Gasteiger partial charge in [0.1, 0.15) is 5.60 Å². The molecule has 1 aliphatic rings. The highest BCUT2D eigenvalue weighted by molar-refractivity contribution is 5.66. The molecule has 1 rings (SSSR count). The van der Waals surface area contributed by atoms with Crippen LogP contribution in [0.25, 0.3) is 0 Å². The summed E-state index contributed by atoms with van der Waals surface area (Å²) in [5.74, 6) is -0.225. The van der Waals surface area contributed by atoms with Gasteiger partial charge in [-0.05, 0) is 26.7 Å². The first kappa shape index (κ1) is 11.5. The van der Waals surface area contributed by atoms with E-state index in [0.717, 1.165) is 19.3 Å². The van der Waals surface area contributed by atoms with E-state index < -0.39 is 5.60 Å². The average molecular weight is 199 g/mol. The van der Waals surface area contributed by atoms with Crippen LogP contribution in [0.15, 0.2) is 0 Å². The lowest BCUT2D eigenvalue weighted by molar-refractivity contribution is -0.155. The van der Waals surface area contributed by atoms with Crippen LogP contribution in [0.2, 0.25) is 0 Å². The molecule has 3 heteroatoms. The van der Waals surface area contributed by atoms with Gasteiger partial charge >= 0.3 is 5.97 Å². The molecule has 3 nitrogen and oxygen atoms in total. The molecule has 1 saturated carbocycles. The van der Waals surface area contributed by atoms with Crippen LogP contribution < -0.4 is 5.73 Å². The Bertz CT molecular complexity index is 217. The van der Waals surface area contributed by atoms with Gasteiger partial charge in [-0.2, -0.15) is 0 Å². The summed E-state index contributed by atoms with van der Waals surface area (Å²) in [6, 6.07) is 0. The molecule has 0 saturated heterocycles. The van der Waals surface area contributed by atoms with E-state index in [-0.39, 0.29) is 11.5 Å². The summed E-state index contributed by atoms with van der Waals surface area (Å²) in [7, 11) is 0. The standard InChI is InChI=1S/C11H21NO2/c1-9(13)14-10(2,3)8-11(12)6-4-5-7-11/h4-8,12H2,1-3H3. The number of carbonyl (C=O) groups excluding carboxylic acids is 1. The molecule has 1 fully saturated rings. The van der Waals surface area contributed by atoms with Crippen molar-refractivity contribution in [3.8, 4) is 0 Å². The van der Waals surface area contributed by atoms with Gasteiger partial charge in [0, 0.05) is 18.9 Å². The van der Waals surface area contributed by atoms with Crippen molar-refractivity contribution in [2.45, 2.75) is 64.0 Å². The van der Waals surface area contributed by atoms with Crippen molar-refractivity contribution in [2.75, 3.05) is 0 Å². The fourth-order valence-electron chi connectivity index (χ4n) is 2.53. The number of ether oxygens (including phenoxy) is 1. The molecule has 0 heterocycles. The van der Waals surface area contributed by atoms with Gasteiger partial charge in [-0.3, -0.25) is 4.79 Å². The fraction of sp³-hybridized carbons (Fsp3) is 0.909. The third-order valence-electron chi connectivity index (χ3n) is 2.80. The predicted octanol–water partition coefficient (Wildman–Crippen LogP) is 1.99. The first-order valence-corrected chi connectivity index (χ1v) is 5.32. The van der Waals surface area contributed by atoms with Crippen molar-refractivity contribution in [2.24, 2.45) is 5.73 Å². The maximum absolute atomic E-state index is 10.9. The van der Waals surface area contributed by atoms with E-state index in [4.69, 9.17) is 10.5 Å². The van der Waals surface area contributed by atoms with Gasteiger partial charge in [0.05, 0.1) is 0 Å². The van der Waals surface area contributed by atoms with Crippen LogP contribution in [-0.4, -0.2) is 17.1 Å². The minimum atomic E-state index is -0.426. The summed E-state index contributed by atoms with van der Waals surface area (Å²) < 4.78 is 5.25. The zero-order valence-corrected chi connectivity index (χ0v) is 9.43. The van der Waals surface area contributed by atoms with Crippen molar-refractivity contribution in [1.82, 2.24) is 0 Å². The quantitative estimate of drug-likeness (QED) is 0.707. The van der Waals surface area contributed by atoms with Gasteiger partial charge in [0.15, 0.2) is 0 Å². The molecule has 1 aliphatic carbocycles. The van der Waals surface area contributed by atoms with Crippen LogP contribution in [0.1, 0.15) is 52.9 Å². The van der Waals surface area contributed by atoms with Crippen LogP contribution in [0, 0.1) is 0 Å². The molecule has 0 aromatic heterocycles. The number of rotatable bonds is 3. The lowest BCUT2D eigenvalue weighted by atomic mass is 9.85. The molecule has 2 N–H and O–H groups in total. The monoisotopic (exact) mass is 199 g/mol. The fourth-order valence-corrected chi connectivity index (χ4v) is 2.53. The zero-order chi connectivity index (χ0) is 10.8. The van der Waals surface area contributed by atoms with Crippen molar-refractivity contribution in [3.05, 3.63) is 0 Å². The first-order valence-electron chi connectivity index (χ1n) is 5.32. The molecule has 0 aromatic carbocycles. The second-order valence-electron chi connectivity index (χ2n) is 5.10. The van der Waals surface area contributed by atoms with E-state index in [0.29, 0.717) is 0 Å². The van der Waals surface area contributed by atoms with E-state index in [9.17, 15) is 4.79 Å². The van der Waals surface area contributed by atoms with Crippen molar-refractivity contribution in [1.29, 1.82) is 0 Å². The zero-order valence-electron chi connectivity index (χ0n) is 9.43. The van der Waals surface area contributed by atoms with Gasteiger partial charge in [-0.15, -0.1) is 0 Å². The van der Waals surface area contributed by atoms with Crippen LogP contribution in [-0.2, 0) is 9.53 Å². The molecule has 0 radical (unpaired) electrons. The molecule has 0 unspecified atom stereocenters. The van der Waals surface area contributed by atoms with E-state index in [1.54, 1.807) is 0 Å². The maximum Gasteiger partial charge on any atom is 0.303 e. The number of hydrogen-bond acceptors (Lipinski definition) is 3. The summed E-state index contributed by atoms with van der Waals surface area (Å²) in [5, 5.41) is 0. The summed E-state index contributed by atoms with van der Waals surface area (Å²) in [4.78, 5) is 10.9. The number of nitrogens with two attached hydrogens (primary N) is 1. The predicted molar refractivity (Wildman–Crippen MR) is 55.8 cm³/mol. The van der Waals surface area contributed by atoms with E-state index in [2.05, 4.69) is 0 Å². The summed E-state index contributed by atoms with van der Waals surface area (Å²) in [5.41, 5.74) is 5.69. The largest absolute Gasteiger partial charge is 0.460 e. The second-order valence-corrected chi connectivity index (χ2v) is 5.10. The van der Waals surface area contributed by atoms with Crippen molar-refractivity contribution in [3.63, 3.8) is 0 Å². The molecular formula is C11H21NO2. The first-order chi connectivity index (χ1) is 6.33. The minimum Gasteiger partial charge on any atom is -0.460 e. The third-order valence-corrected chi connectivity index (χ3v) is 2.80. The van der Waals surface area contributed by atoms with Crippen LogP contribution in [0.5, 0.6) is 0 Å². The van der Waals surface area contributed by atoms with Gasteiger partial charge in [-0.25, -0.2) is 0 Å². The highest BCUT2D eigenvalue weighted by Gasteiger charge is 2.37. The van der Waals surface area contributed by atoms with Crippen LogP contribution in [0.3, 0.4) is 0 Å². The summed E-state index contributed by atoms with van der Waals surface area (Å²) in [6.45, 7) is 5.31. The van der Waals surface area contributed by atoms with E-state index in [1.807, 2.05) is 13.8 Å². The maximum atomic E-state index is 10.9. The molecule has 14 heavy (non-hydrogen) atoms. The molecular weight excluding hydrogens is 178 g/mol. The van der Waals surface area contributed by atoms with Gasteiger partial charge < -0.3 is 10.5 Å². The highest BCUT2D eigenvalue weighted by atomic mass is 16.6. The Morgan fingerprint density at radius 2 is 1.93 bits per heavy atom. The lowest BCUT2D eigenvalue weighted by Crippen LogP contribution is -2.45. The Balaban J connectivity index is 2.52. The number of hydrogen-bond donors (Lipinski definition) is 1. The van der Waals surface area contributed by atoms with Crippen LogP contribution in [0.4, 0.5) is 0 Å². The smallest absolute Gasteiger partial charge is 0.303 e.